The van der Waals surface area contributed by atoms with Crippen LogP contribution in [0.1, 0.15) is 20.8 Å². The summed E-state index contributed by atoms with van der Waals surface area (Å²) in [4.78, 5) is 11.5. The normalized spacial score (nSPS) is 28.1. The lowest BCUT2D eigenvalue weighted by Gasteiger charge is -2.01. The summed E-state index contributed by atoms with van der Waals surface area (Å²) in [6.07, 6.45) is 2.02. The molecule has 0 amide bonds. The molecular weight excluding hydrogens is 312 g/mol. The zero-order chi connectivity index (χ0) is 10.9. The summed E-state index contributed by atoms with van der Waals surface area (Å²) in [5.41, 5.74) is 0.0268. The van der Waals surface area contributed by atoms with Crippen LogP contribution in [-0.4, -0.2) is 12.6 Å². The molecule has 0 heterocycles. The first-order chi connectivity index (χ1) is 6.41. The number of carbonyl (C=O) groups excluding carboxylic acids is 1. The van der Waals surface area contributed by atoms with Gasteiger partial charge in [0.25, 0.3) is 0 Å². The van der Waals surface area contributed by atoms with Gasteiger partial charge in [0.15, 0.2) is 0 Å². The predicted octanol–water partition coefficient (Wildman–Crippen LogP) is 3.45. The first kappa shape index (κ1) is 12.2. The second kappa shape index (κ2) is 4.35. The van der Waals surface area contributed by atoms with Crippen LogP contribution in [0.5, 0.6) is 0 Å². The summed E-state index contributed by atoms with van der Waals surface area (Å²) >= 11 is 6.62. The third-order valence-electron chi connectivity index (χ3n) is 2.76. The van der Waals surface area contributed by atoms with Crippen molar-refractivity contribution in [2.75, 3.05) is 6.61 Å². The number of hydrogen-bond donors (Lipinski definition) is 0. The molecule has 1 rings (SSSR count). The van der Waals surface area contributed by atoms with Crippen LogP contribution in [-0.2, 0) is 9.53 Å². The lowest BCUT2D eigenvalue weighted by molar-refractivity contribution is -0.145. The van der Waals surface area contributed by atoms with Gasteiger partial charge in [-0.3, -0.25) is 4.79 Å². The van der Waals surface area contributed by atoms with Crippen molar-refractivity contribution in [2.24, 2.45) is 17.3 Å². The molecule has 0 saturated heterocycles. The highest BCUT2D eigenvalue weighted by Crippen LogP contribution is 2.60. The van der Waals surface area contributed by atoms with Gasteiger partial charge in [0.1, 0.15) is 0 Å². The molecule has 1 aliphatic rings. The molecule has 1 fully saturated rings. The Morgan fingerprint density at radius 3 is 2.50 bits per heavy atom. The average molecular weight is 326 g/mol. The predicted molar refractivity (Wildman–Crippen MR) is 63.3 cm³/mol. The number of allylic oxidation sites excluding steroid dienone is 1. The van der Waals surface area contributed by atoms with E-state index < -0.39 is 0 Å². The largest absolute Gasteiger partial charge is 0.466 e. The fourth-order valence-corrected chi connectivity index (χ4v) is 2.38. The van der Waals surface area contributed by atoms with E-state index in [0.29, 0.717) is 6.61 Å². The van der Waals surface area contributed by atoms with Crippen molar-refractivity contribution in [2.45, 2.75) is 20.8 Å². The van der Waals surface area contributed by atoms with E-state index in [1.807, 2.05) is 13.0 Å². The molecule has 4 heteroatoms. The van der Waals surface area contributed by atoms with Gasteiger partial charge in [0.2, 0.25) is 0 Å². The van der Waals surface area contributed by atoms with Crippen LogP contribution in [0.25, 0.3) is 0 Å². The summed E-state index contributed by atoms with van der Waals surface area (Å²) in [6.45, 7) is 6.45. The van der Waals surface area contributed by atoms with E-state index in [1.165, 1.54) is 0 Å². The third kappa shape index (κ3) is 2.40. The number of esters is 1. The van der Waals surface area contributed by atoms with Crippen molar-refractivity contribution in [3.05, 3.63) is 9.47 Å². The first-order valence-corrected chi connectivity index (χ1v) is 6.19. The molecule has 0 N–H and O–H groups in total. The van der Waals surface area contributed by atoms with E-state index in [4.69, 9.17) is 4.74 Å². The Bertz CT molecular complexity index is 267. The summed E-state index contributed by atoms with van der Waals surface area (Å²) < 4.78 is 5.91. The molecule has 0 aromatic rings. The molecule has 0 unspecified atom stereocenters. The molecule has 1 saturated carbocycles. The summed E-state index contributed by atoms with van der Waals surface area (Å²) in [7, 11) is 0. The SMILES string of the molecule is CCOC(=O)[C@H]1[C@@H](C=C(Br)Br)C1(C)C. The Balaban J connectivity index is 2.66. The minimum Gasteiger partial charge on any atom is -0.466 e. The quantitative estimate of drug-likeness (QED) is 0.743. The van der Waals surface area contributed by atoms with Crippen LogP contribution in [0.3, 0.4) is 0 Å². The van der Waals surface area contributed by atoms with Crippen molar-refractivity contribution < 1.29 is 9.53 Å². The van der Waals surface area contributed by atoms with Crippen LogP contribution < -0.4 is 0 Å². The molecular formula is C10H14Br2O2. The van der Waals surface area contributed by atoms with E-state index in [-0.39, 0.29) is 23.2 Å². The monoisotopic (exact) mass is 324 g/mol. The zero-order valence-corrected chi connectivity index (χ0v) is 11.7. The van der Waals surface area contributed by atoms with Crippen molar-refractivity contribution in [3.63, 3.8) is 0 Å². The highest BCUT2D eigenvalue weighted by molar-refractivity contribution is 9.28. The standard InChI is InChI=1S/C10H14Br2O2/c1-4-14-9(13)8-6(5-7(11)12)10(8,2)3/h5-6,8H,4H2,1-3H3/t6-,8-/m1/s1. The van der Waals surface area contributed by atoms with E-state index in [2.05, 4.69) is 45.7 Å². The Morgan fingerprint density at radius 2 is 2.07 bits per heavy atom. The maximum Gasteiger partial charge on any atom is 0.310 e. The second-order valence-electron chi connectivity index (χ2n) is 4.03. The molecule has 2 nitrogen and oxygen atoms in total. The Morgan fingerprint density at radius 1 is 1.50 bits per heavy atom. The fourth-order valence-electron chi connectivity index (χ4n) is 1.81. The number of carbonyl (C=O) groups is 1. The van der Waals surface area contributed by atoms with Gasteiger partial charge in [-0.25, -0.2) is 0 Å². The van der Waals surface area contributed by atoms with Crippen molar-refractivity contribution in [1.82, 2.24) is 0 Å². The van der Waals surface area contributed by atoms with Gasteiger partial charge >= 0.3 is 5.97 Å². The number of halogens is 2. The Hall–Kier alpha value is 0.170. The van der Waals surface area contributed by atoms with Gasteiger partial charge in [-0.1, -0.05) is 19.9 Å². The van der Waals surface area contributed by atoms with Crippen molar-refractivity contribution in [3.8, 4) is 0 Å². The van der Waals surface area contributed by atoms with Crippen molar-refractivity contribution >= 4 is 37.8 Å². The third-order valence-corrected chi connectivity index (χ3v) is 3.29. The highest BCUT2D eigenvalue weighted by Gasteiger charge is 2.61. The van der Waals surface area contributed by atoms with Gasteiger partial charge in [0, 0.05) is 0 Å². The van der Waals surface area contributed by atoms with Crippen molar-refractivity contribution in [1.29, 1.82) is 0 Å². The van der Waals surface area contributed by atoms with Crippen LogP contribution in [0, 0.1) is 17.3 Å². The van der Waals surface area contributed by atoms with Gasteiger partial charge in [0.05, 0.1) is 15.9 Å². The molecule has 80 valence electrons. The minimum absolute atomic E-state index is 0.00699. The molecule has 0 spiro atoms. The summed E-state index contributed by atoms with van der Waals surface area (Å²) in [5.74, 6) is 0.197. The lowest BCUT2D eigenvalue weighted by atomic mass is 10.1. The topological polar surface area (TPSA) is 26.3 Å². The lowest BCUT2D eigenvalue weighted by Crippen LogP contribution is -2.10. The van der Waals surface area contributed by atoms with E-state index in [9.17, 15) is 4.79 Å². The molecule has 0 aromatic carbocycles. The van der Waals surface area contributed by atoms with E-state index in [1.54, 1.807) is 0 Å². The first-order valence-electron chi connectivity index (χ1n) is 4.60. The molecule has 0 bridgehead atoms. The molecule has 0 aromatic heterocycles. The molecule has 0 aliphatic heterocycles. The molecule has 14 heavy (non-hydrogen) atoms. The van der Waals surface area contributed by atoms with Crippen LogP contribution in [0.4, 0.5) is 0 Å². The zero-order valence-electron chi connectivity index (χ0n) is 8.51. The van der Waals surface area contributed by atoms with E-state index >= 15 is 0 Å². The Kier molecular flexibility index (Phi) is 3.81. The molecule has 0 radical (unpaired) electrons. The van der Waals surface area contributed by atoms with Crippen LogP contribution >= 0.6 is 31.9 Å². The van der Waals surface area contributed by atoms with Gasteiger partial charge in [-0.15, -0.1) is 0 Å². The average Bonchev–Trinajstić information content (AvgIpc) is 2.52. The highest BCUT2D eigenvalue weighted by atomic mass is 79.9. The summed E-state index contributed by atoms with van der Waals surface area (Å²) in [5, 5.41) is 0. The molecule has 1 aliphatic carbocycles. The molecule has 2 atom stereocenters. The summed E-state index contributed by atoms with van der Waals surface area (Å²) in [6, 6.07) is 0. The maximum atomic E-state index is 11.5. The maximum absolute atomic E-state index is 11.5. The number of rotatable bonds is 3. The van der Waals surface area contributed by atoms with Crippen LogP contribution in [0.2, 0.25) is 0 Å². The minimum atomic E-state index is -0.0833. The Labute approximate surface area is 101 Å². The smallest absolute Gasteiger partial charge is 0.310 e. The van der Waals surface area contributed by atoms with Gasteiger partial charge in [-0.2, -0.15) is 0 Å². The fraction of sp³-hybridized carbons (Fsp3) is 0.700. The number of hydrogen-bond acceptors (Lipinski definition) is 2. The van der Waals surface area contributed by atoms with Gasteiger partial charge < -0.3 is 4.74 Å². The second-order valence-corrected chi connectivity index (χ2v) is 6.81. The van der Waals surface area contributed by atoms with E-state index in [0.717, 1.165) is 3.39 Å². The van der Waals surface area contributed by atoms with Gasteiger partial charge in [-0.05, 0) is 50.1 Å². The van der Waals surface area contributed by atoms with Crippen LogP contribution in [0.15, 0.2) is 9.47 Å². The number of ether oxygens (including phenoxy) is 1.